The van der Waals surface area contributed by atoms with E-state index in [1.807, 2.05) is 13.0 Å². The highest BCUT2D eigenvalue weighted by atomic mass is 79.9. The van der Waals surface area contributed by atoms with Crippen LogP contribution in [-0.4, -0.2) is 19.6 Å². The molecule has 1 fully saturated rings. The molecule has 1 N–H and O–H groups in total. The fourth-order valence-corrected chi connectivity index (χ4v) is 3.27. The summed E-state index contributed by atoms with van der Waals surface area (Å²) in [6, 6.07) is 1.68. The van der Waals surface area contributed by atoms with E-state index in [1.54, 1.807) is 11.3 Å². The number of rotatable bonds is 5. The number of hydrogen-bond acceptors (Lipinski definition) is 4. The zero-order chi connectivity index (χ0) is 12.4. The molecule has 2 rings (SSSR count). The van der Waals surface area contributed by atoms with E-state index in [-0.39, 0.29) is 12.0 Å². The predicted molar refractivity (Wildman–Crippen MR) is 72.2 cm³/mol. The lowest BCUT2D eigenvalue weighted by Gasteiger charge is -2.14. The van der Waals surface area contributed by atoms with Gasteiger partial charge in [-0.15, -0.1) is 11.3 Å². The molecule has 1 heterocycles. The number of carbonyl (C=O) groups excluding carboxylic acids is 1. The molecule has 1 aromatic rings. The molecule has 1 saturated carbocycles. The van der Waals surface area contributed by atoms with Crippen LogP contribution in [-0.2, 0) is 9.53 Å². The normalized spacial score (nSPS) is 16.9. The molecule has 1 aromatic heterocycles. The van der Waals surface area contributed by atoms with Crippen molar-refractivity contribution >= 4 is 33.2 Å². The van der Waals surface area contributed by atoms with Gasteiger partial charge in [0.1, 0.15) is 6.04 Å². The van der Waals surface area contributed by atoms with Crippen molar-refractivity contribution in [2.24, 2.45) is 5.92 Å². The van der Waals surface area contributed by atoms with Crippen LogP contribution in [0.3, 0.4) is 0 Å². The van der Waals surface area contributed by atoms with Crippen molar-refractivity contribution in [2.75, 3.05) is 13.7 Å². The lowest BCUT2D eigenvalue weighted by atomic mass is 10.2. The number of methoxy groups -OCH3 is 1. The topological polar surface area (TPSA) is 38.3 Å². The average molecular weight is 318 g/mol. The van der Waals surface area contributed by atoms with Gasteiger partial charge in [0.15, 0.2) is 0 Å². The summed E-state index contributed by atoms with van der Waals surface area (Å²) in [6.07, 6.45) is 2.54. The Bertz CT molecular complexity index is 395. The van der Waals surface area contributed by atoms with Gasteiger partial charge in [-0.1, -0.05) is 0 Å². The zero-order valence-electron chi connectivity index (χ0n) is 9.96. The molecule has 0 radical (unpaired) electrons. The van der Waals surface area contributed by atoms with E-state index in [1.165, 1.54) is 24.8 Å². The summed E-state index contributed by atoms with van der Waals surface area (Å²) in [6.45, 7) is 2.93. The van der Waals surface area contributed by atoms with Gasteiger partial charge in [0.25, 0.3) is 0 Å². The van der Waals surface area contributed by atoms with Crippen molar-refractivity contribution in [1.82, 2.24) is 5.32 Å². The largest absolute Gasteiger partial charge is 0.468 e. The van der Waals surface area contributed by atoms with E-state index >= 15 is 0 Å². The van der Waals surface area contributed by atoms with Gasteiger partial charge >= 0.3 is 5.97 Å². The molecule has 0 spiro atoms. The molecule has 0 amide bonds. The number of ether oxygens (including phenoxy) is 1. The van der Waals surface area contributed by atoms with E-state index in [2.05, 4.69) is 21.2 Å². The minimum absolute atomic E-state index is 0.209. The summed E-state index contributed by atoms with van der Waals surface area (Å²) in [4.78, 5) is 14.0. The van der Waals surface area contributed by atoms with Gasteiger partial charge < -0.3 is 4.74 Å². The summed E-state index contributed by atoms with van der Waals surface area (Å²) in [5, 5.41) is 3.30. The molecule has 94 valence electrons. The van der Waals surface area contributed by atoms with Crippen LogP contribution in [0.15, 0.2) is 10.5 Å². The van der Waals surface area contributed by atoms with Crippen LogP contribution in [0.2, 0.25) is 0 Å². The molecule has 1 aliphatic carbocycles. The molecule has 1 aliphatic rings. The molecule has 17 heavy (non-hydrogen) atoms. The Morgan fingerprint density at radius 1 is 1.71 bits per heavy atom. The van der Waals surface area contributed by atoms with Gasteiger partial charge in [0, 0.05) is 14.2 Å². The Kier molecular flexibility index (Phi) is 4.22. The number of halogens is 1. The van der Waals surface area contributed by atoms with Gasteiger partial charge in [-0.05, 0) is 54.2 Å². The highest BCUT2D eigenvalue weighted by molar-refractivity contribution is 9.10. The first-order valence-electron chi connectivity index (χ1n) is 5.69. The maximum Gasteiger partial charge on any atom is 0.328 e. The van der Waals surface area contributed by atoms with Crippen LogP contribution in [0.1, 0.15) is 28.6 Å². The van der Waals surface area contributed by atoms with E-state index in [4.69, 9.17) is 4.74 Å². The summed E-state index contributed by atoms with van der Waals surface area (Å²) < 4.78 is 5.91. The first kappa shape index (κ1) is 13.1. The van der Waals surface area contributed by atoms with E-state index in [9.17, 15) is 4.79 Å². The summed E-state index contributed by atoms with van der Waals surface area (Å²) in [7, 11) is 1.43. The number of esters is 1. The van der Waals surface area contributed by atoms with Crippen molar-refractivity contribution < 1.29 is 9.53 Å². The Balaban J connectivity index is 2.09. The molecule has 3 nitrogen and oxygen atoms in total. The standard InChI is InChI=1S/C12H16BrNO2S/c1-7-9(13)5-10(17-7)11(12(15)16-2)14-6-8-3-4-8/h5,8,11,14H,3-4,6H2,1-2H3. The number of hydrogen-bond donors (Lipinski definition) is 1. The molecule has 1 atom stereocenters. The first-order chi connectivity index (χ1) is 8.11. The minimum atomic E-state index is -0.324. The second kappa shape index (κ2) is 5.50. The van der Waals surface area contributed by atoms with E-state index < -0.39 is 0 Å². The quantitative estimate of drug-likeness (QED) is 0.848. The van der Waals surface area contributed by atoms with Crippen LogP contribution < -0.4 is 5.32 Å². The minimum Gasteiger partial charge on any atom is -0.468 e. The Morgan fingerprint density at radius 3 is 2.88 bits per heavy atom. The van der Waals surface area contributed by atoms with Gasteiger partial charge in [0.05, 0.1) is 7.11 Å². The molecule has 0 bridgehead atoms. The number of nitrogens with one attached hydrogen (secondary N) is 1. The number of carbonyl (C=O) groups is 1. The smallest absolute Gasteiger partial charge is 0.328 e. The molecule has 0 saturated heterocycles. The molecule has 0 aromatic carbocycles. The van der Waals surface area contributed by atoms with Crippen LogP contribution in [0, 0.1) is 12.8 Å². The third-order valence-corrected chi connectivity index (χ3v) is 5.11. The first-order valence-corrected chi connectivity index (χ1v) is 7.29. The SMILES string of the molecule is COC(=O)C(NCC1CC1)c1cc(Br)c(C)s1. The van der Waals surface area contributed by atoms with Crippen LogP contribution in [0.4, 0.5) is 0 Å². The lowest BCUT2D eigenvalue weighted by molar-refractivity contribution is -0.143. The van der Waals surface area contributed by atoms with Crippen molar-refractivity contribution in [3.05, 3.63) is 20.3 Å². The van der Waals surface area contributed by atoms with Crippen molar-refractivity contribution in [1.29, 1.82) is 0 Å². The predicted octanol–water partition coefficient (Wildman–Crippen LogP) is 3.03. The van der Waals surface area contributed by atoms with E-state index in [0.717, 1.165) is 21.8 Å². The summed E-state index contributed by atoms with van der Waals surface area (Å²) >= 11 is 5.11. The zero-order valence-corrected chi connectivity index (χ0v) is 12.4. The monoisotopic (exact) mass is 317 g/mol. The lowest BCUT2D eigenvalue weighted by Crippen LogP contribution is -2.30. The van der Waals surface area contributed by atoms with Crippen molar-refractivity contribution in [3.8, 4) is 0 Å². The second-order valence-electron chi connectivity index (χ2n) is 4.36. The van der Waals surface area contributed by atoms with Gasteiger partial charge in [-0.25, -0.2) is 4.79 Å². The summed E-state index contributed by atoms with van der Waals surface area (Å²) in [5.41, 5.74) is 0. The molecular formula is C12H16BrNO2S. The van der Waals surface area contributed by atoms with Gasteiger partial charge in [-0.3, -0.25) is 5.32 Å². The Hall–Kier alpha value is -0.390. The molecule has 1 unspecified atom stereocenters. The average Bonchev–Trinajstić information content (AvgIpc) is 3.06. The highest BCUT2D eigenvalue weighted by Gasteiger charge is 2.27. The molecule has 0 aliphatic heterocycles. The fourth-order valence-electron chi connectivity index (χ4n) is 1.65. The third kappa shape index (κ3) is 3.30. The van der Waals surface area contributed by atoms with Crippen molar-refractivity contribution in [3.63, 3.8) is 0 Å². The van der Waals surface area contributed by atoms with E-state index in [0.29, 0.717) is 0 Å². The highest BCUT2D eigenvalue weighted by Crippen LogP contribution is 2.33. The number of aryl methyl sites for hydroxylation is 1. The van der Waals surface area contributed by atoms with Crippen LogP contribution >= 0.6 is 27.3 Å². The number of thiophene rings is 1. The van der Waals surface area contributed by atoms with Crippen LogP contribution in [0.5, 0.6) is 0 Å². The Morgan fingerprint density at radius 2 is 2.41 bits per heavy atom. The van der Waals surface area contributed by atoms with Gasteiger partial charge in [-0.2, -0.15) is 0 Å². The molecule has 5 heteroatoms. The Labute approximate surface area is 114 Å². The third-order valence-electron chi connectivity index (χ3n) is 2.91. The van der Waals surface area contributed by atoms with Gasteiger partial charge in [0.2, 0.25) is 0 Å². The second-order valence-corrected chi connectivity index (χ2v) is 6.50. The molecular weight excluding hydrogens is 302 g/mol. The van der Waals surface area contributed by atoms with Crippen molar-refractivity contribution in [2.45, 2.75) is 25.8 Å². The summed E-state index contributed by atoms with van der Waals surface area (Å²) in [5.74, 6) is 0.533. The van der Waals surface area contributed by atoms with Crippen LogP contribution in [0.25, 0.3) is 0 Å². The maximum atomic E-state index is 11.8. The maximum absolute atomic E-state index is 11.8. The fraction of sp³-hybridized carbons (Fsp3) is 0.583.